The van der Waals surface area contributed by atoms with Crippen molar-refractivity contribution < 1.29 is 4.42 Å². The highest BCUT2D eigenvalue weighted by Crippen LogP contribution is 2.04. The van der Waals surface area contributed by atoms with E-state index in [1.807, 2.05) is 13.8 Å². The molecule has 2 heterocycles. The summed E-state index contributed by atoms with van der Waals surface area (Å²) in [5.74, 6) is 5.44. The third-order valence-electron chi connectivity index (χ3n) is 1.59. The molecule has 15 heavy (non-hydrogen) atoms. The van der Waals surface area contributed by atoms with Gasteiger partial charge in [-0.1, -0.05) is 13.8 Å². The molecule has 0 spiro atoms. The van der Waals surface area contributed by atoms with E-state index in [4.69, 9.17) is 10.3 Å². The summed E-state index contributed by atoms with van der Waals surface area (Å²) < 4.78 is 5.40. The summed E-state index contributed by atoms with van der Waals surface area (Å²) in [7, 11) is 0. The summed E-state index contributed by atoms with van der Waals surface area (Å²) >= 11 is 0. The van der Waals surface area contributed by atoms with E-state index in [0.717, 1.165) is 0 Å². The van der Waals surface area contributed by atoms with Gasteiger partial charge in [0.15, 0.2) is 11.4 Å². The SMILES string of the molecule is CC.Cc1nc2c(=O)n(N)c(=O)[nH]c2o1. The quantitative estimate of drug-likeness (QED) is 0.584. The van der Waals surface area contributed by atoms with E-state index in [1.54, 1.807) is 6.92 Å². The van der Waals surface area contributed by atoms with Crippen LogP contribution in [0.5, 0.6) is 0 Å². The van der Waals surface area contributed by atoms with Crippen molar-refractivity contribution in [3.63, 3.8) is 0 Å². The van der Waals surface area contributed by atoms with Crippen LogP contribution in [0.4, 0.5) is 0 Å². The van der Waals surface area contributed by atoms with Gasteiger partial charge in [0.1, 0.15) is 0 Å². The number of nitrogens with two attached hydrogens (primary N) is 1. The number of aromatic amines is 1. The van der Waals surface area contributed by atoms with Crippen molar-refractivity contribution in [1.82, 2.24) is 14.6 Å². The first-order valence-electron chi connectivity index (χ1n) is 4.47. The first-order valence-corrected chi connectivity index (χ1v) is 4.47. The molecular weight excluding hydrogens is 200 g/mol. The number of oxazole rings is 1. The second kappa shape index (κ2) is 3.99. The van der Waals surface area contributed by atoms with Crippen molar-refractivity contribution >= 4 is 11.2 Å². The van der Waals surface area contributed by atoms with Crippen molar-refractivity contribution in [2.45, 2.75) is 20.8 Å². The van der Waals surface area contributed by atoms with Crippen molar-refractivity contribution in [1.29, 1.82) is 0 Å². The van der Waals surface area contributed by atoms with Gasteiger partial charge in [-0.15, -0.1) is 0 Å². The Bertz CT molecular complexity index is 578. The van der Waals surface area contributed by atoms with Gasteiger partial charge in [0.25, 0.3) is 0 Å². The fraction of sp³-hybridized carbons (Fsp3) is 0.375. The molecular formula is C8H12N4O3. The molecule has 7 nitrogen and oxygen atoms in total. The number of nitrogen functional groups attached to an aromatic ring is 1. The fourth-order valence-electron chi connectivity index (χ4n) is 1.02. The van der Waals surface area contributed by atoms with Crippen LogP contribution in [0.15, 0.2) is 14.0 Å². The van der Waals surface area contributed by atoms with Crippen molar-refractivity contribution in [2.75, 3.05) is 5.84 Å². The molecule has 82 valence electrons. The van der Waals surface area contributed by atoms with Gasteiger partial charge < -0.3 is 10.3 Å². The number of aromatic nitrogens is 3. The Kier molecular flexibility index (Phi) is 2.93. The minimum Gasteiger partial charge on any atom is -0.424 e. The molecule has 0 saturated carbocycles. The normalized spacial score (nSPS) is 9.80. The lowest BCUT2D eigenvalue weighted by atomic mass is 10.6. The smallest absolute Gasteiger partial charge is 0.350 e. The monoisotopic (exact) mass is 212 g/mol. The molecule has 7 heteroatoms. The highest BCUT2D eigenvalue weighted by Gasteiger charge is 2.10. The minimum absolute atomic E-state index is 0.0274. The Morgan fingerprint density at radius 2 is 2.00 bits per heavy atom. The number of nitrogens with one attached hydrogen (secondary N) is 1. The van der Waals surface area contributed by atoms with Gasteiger partial charge in [0.2, 0.25) is 5.71 Å². The van der Waals surface area contributed by atoms with Crippen LogP contribution in [-0.2, 0) is 0 Å². The Balaban J connectivity index is 0.000000531. The lowest BCUT2D eigenvalue weighted by Crippen LogP contribution is -2.40. The van der Waals surface area contributed by atoms with Gasteiger partial charge in [-0.05, 0) is 0 Å². The van der Waals surface area contributed by atoms with Crippen LogP contribution in [0.25, 0.3) is 11.2 Å². The molecule has 0 aliphatic carbocycles. The molecule has 0 aliphatic rings. The maximum absolute atomic E-state index is 11.3. The van der Waals surface area contributed by atoms with Crippen LogP contribution in [-0.4, -0.2) is 14.6 Å². The lowest BCUT2D eigenvalue weighted by Gasteiger charge is -1.91. The molecule has 0 fully saturated rings. The molecule has 0 saturated heterocycles. The number of fused-ring (bicyclic) bond motifs is 1. The summed E-state index contributed by atoms with van der Waals surface area (Å²) in [4.78, 5) is 28.3. The zero-order valence-electron chi connectivity index (χ0n) is 8.70. The third-order valence-corrected chi connectivity index (χ3v) is 1.59. The fourth-order valence-corrected chi connectivity index (χ4v) is 1.02. The van der Waals surface area contributed by atoms with Crippen LogP contribution in [0.3, 0.4) is 0 Å². The van der Waals surface area contributed by atoms with Crippen molar-refractivity contribution in [2.24, 2.45) is 0 Å². The summed E-state index contributed by atoms with van der Waals surface area (Å²) in [5.41, 5.74) is -1.32. The second-order valence-electron chi connectivity index (χ2n) is 2.52. The van der Waals surface area contributed by atoms with E-state index in [1.165, 1.54) is 0 Å². The summed E-state index contributed by atoms with van der Waals surface area (Å²) in [6.45, 7) is 5.57. The van der Waals surface area contributed by atoms with Crippen molar-refractivity contribution in [3.8, 4) is 0 Å². The molecule has 0 radical (unpaired) electrons. The molecule has 0 amide bonds. The Morgan fingerprint density at radius 1 is 1.40 bits per heavy atom. The third kappa shape index (κ3) is 1.76. The summed E-state index contributed by atoms with van der Waals surface area (Å²) in [6.07, 6.45) is 0. The molecule has 0 unspecified atom stereocenters. The number of hydrogen-bond donors (Lipinski definition) is 2. The summed E-state index contributed by atoms with van der Waals surface area (Å²) in [5, 5.41) is 0. The van der Waals surface area contributed by atoms with E-state index in [0.29, 0.717) is 10.6 Å². The van der Waals surface area contributed by atoms with E-state index >= 15 is 0 Å². The molecule has 2 aromatic rings. The van der Waals surface area contributed by atoms with Gasteiger partial charge in [0, 0.05) is 6.92 Å². The van der Waals surface area contributed by atoms with Crippen LogP contribution >= 0.6 is 0 Å². The molecule has 2 rings (SSSR count). The van der Waals surface area contributed by atoms with Gasteiger partial charge in [-0.3, -0.25) is 9.78 Å². The topological polar surface area (TPSA) is 107 Å². The Morgan fingerprint density at radius 3 is 2.60 bits per heavy atom. The number of hydrogen-bond acceptors (Lipinski definition) is 5. The maximum atomic E-state index is 11.3. The van der Waals surface area contributed by atoms with E-state index in [2.05, 4.69) is 9.97 Å². The van der Waals surface area contributed by atoms with Gasteiger partial charge >= 0.3 is 11.2 Å². The number of H-pyrrole nitrogens is 1. The minimum atomic E-state index is -0.728. The molecule has 0 atom stereocenters. The predicted molar refractivity (Wildman–Crippen MR) is 55.1 cm³/mol. The Hall–Kier alpha value is -2.05. The molecule has 0 bridgehead atoms. The van der Waals surface area contributed by atoms with Crippen LogP contribution in [0.2, 0.25) is 0 Å². The highest BCUT2D eigenvalue weighted by atomic mass is 16.4. The molecule has 3 N–H and O–H groups in total. The zero-order valence-corrected chi connectivity index (χ0v) is 8.70. The zero-order chi connectivity index (χ0) is 11.6. The maximum Gasteiger partial charge on any atom is 0.350 e. The van der Waals surface area contributed by atoms with Gasteiger partial charge in [0.05, 0.1) is 0 Å². The first kappa shape index (κ1) is 11.0. The van der Waals surface area contributed by atoms with Crippen LogP contribution in [0, 0.1) is 6.92 Å². The first-order chi connectivity index (χ1) is 7.09. The standard InChI is InChI=1S/C6H6N4O3.C2H6/c1-2-8-3-4(13-2)9-6(12)10(7)5(3)11;1-2/h7H2,1H3,(H,9,12);1-2H3. The van der Waals surface area contributed by atoms with Gasteiger partial charge in [-0.25, -0.2) is 9.78 Å². The van der Waals surface area contributed by atoms with E-state index < -0.39 is 11.2 Å². The van der Waals surface area contributed by atoms with E-state index in [-0.39, 0.29) is 11.2 Å². The van der Waals surface area contributed by atoms with Crippen LogP contribution < -0.4 is 17.1 Å². The van der Waals surface area contributed by atoms with Crippen molar-refractivity contribution in [3.05, 3.63) is 26.7 Å². The van der Waals surface area contributed by atoms with Crippen LogP contribution in [0.1, 0.15) is 19.7 Å². The molecule has 0 aromatic carbocycles. The summed E-state index contributed by atoms with van der Waals surface area (Å²) in [6, 6.07) is 0. The average molecular weight is 212 g/mol. The van der Waals surface area contributed by atoms with Gasteiger partial charge in [-0.2, -0.15) is 4.68 Å². The molecule has 0 aliphatic heterocycles. The van der Waals surface area contributed by atoms with E-state index in [9.17, 15) is 9.59 Å². The second-order valence-corrected chi connectivity index (χ2v) is 2.52. The Labute approximate surface area is 84.5 Å². The molecule has 2 aromatic heterocycles. The lowest BCUT2D eigenvalue weighted by molar-refractivity contribution is 0.548. The predicted octanol–water partition coefficient (Wildman–Crippen LogP) is -0.274. The highest BCUT2D eigenvalue weighted by molar-refractivity contribution is 5.65. The number of rotatable bonds is 0. The average Bonchev–Trinajstić information content (AvgIpc) is 2.59. The number of nitrogens with zero attached hydrogens (tertiary/aromatic N) is 2. The number of aryl methyl sites for hydroxylation is 1. The largest absolute Gasteiger partial charge is 0.424 e.